The molecule has 3 rings (SSSR count). The van der Waals surface area contributed by atoms with E-state index in [-0.39, 0.29) is 23.4 Å². The zero-order valence-electron chi connectivity index (χ0n) is 22.5. The summed E-state index contributed by atoms with van der Waals surface area (Å²) in [5, 5.41) is 2.85. The summed E-state index contributed by atoms with van der Waals surface area (Å²) in [6.45, 7) is 7.25. The number of carbonyl (C=O) groups is 2. The lowest BCUT2D eigenvalue weighted by atomic mass is 10.1. The van der Waals surface area contributed by atoms with E-state index in [0.29, 0.717) is 18.0 Å². The zero-order chi connectivity index (χ0) is 28.6. The Hall–Kier alpha value is -3.37. The molecule has 0 aromatic heterocycles. The number of halogens is 1. The second kappa shape index (κ2) is 13.6. The molecule has 208 valence electrons. The summed E-state index contributed by atoms with van der Waals surface area (Å²) in [4.78, 5) is 28.2. The van der Waals surface area contributed by atoms with Crippen LogP contribution >= 0.6 is 15.9 Å². The summed E-state index contributed by atoms with van der Waals surface area (Å²) >= 11 is 3.41. The van der Waals surface area contributed by atoms with Crippen molar-refractivity contribution in [3.63, 3.8) is 0 Å². The van der Waals surface area contributed by atoms with Crippen molar-refractivity contribution in [2.45, 2.75) is 51.2 Å². The molecule has 0 fully saturated rings. The van der Waals surface area contributed by atoms with Gasteiger partial charge in [-0.25, -0.2) is 8.42 Å². The molecule has 1 unspecified atom stereocenters. The molecular formula is C29H34BrN3O5S. The Morgan fingerprint density at radius 2 is 1.54 bits per heavy atom. The van der Waals surface area contributed by atoms with Crippen molar-refractivity contribution in [3.05, 3.63) is 88.9 Å². The van der Waals surface area contributed by atoms with Gasteiger partial charge in [0.15, 0.2) is 0 Å². The minimum Gasteiger partial charge on any atom is -0.494 e. The van der Waals surface area contributed by atoms with Crippen molar-refractivity contribution in [2.75, 3.05) is 17.5 Å². The Balaban J connectivity index is 1.99. The van der Waals surface area contributed by atoms with Gasteiger partial charge in [-0.2, -0.15) is 0 Å². The van der Waals surface area contributed by atoms with Crippen molar-refractivity contribution >= 4 is 43.5 Å². The number of anilines is 1. The van der Waals surface area contributed by atoms with Crippen LogP contribution in [0.1, 0.15) is 33.3 Å². The minimum atomic E-state index is -4.13. The molecule has 2 amide bonds. The molecule has 39 heavy (non-hydrogen) atoms. The third-order valence-corrected chi connectivity index (χ3v) is 8.23. The molecule has 1 atom stereocenters. The van der Waals surface area contributed by atoms with E-state index >= 15 is 0 Å². The molecule has 0 saturated carbocycles. The summed E-state index contributed by atoms with van der Waals surface area (Å²) in [5.74, 6) is -0.289. The van der Waals surface area contributed by atoms with E-state index in [1.165, 1.54) is 17.0 Å². The normalized spacial score (nSPS) is 12.1. The summed E-state index contributed by atoms with van der Waals surface area (Å²) in [7, 11) is -4.13. The van der Waals surface area contributed by atoms with Gasteiger partial charge in [-0.1, -0.05) is 46.3 Å². The van der Waals surface area contributed by atoms with Crippen LogP contribution in [0, 0.1) is 0 Å². The topological polar surface area (TPSA) is 96.0 Å². The number of para-hydroxylation sites is 1. The number of carbonyl (C=O) groups excluding carboxylic acids is 2. The number of hydrogen-bond donors (Lipinski definition) is 1. The van der Waals surface area contributed by atoms with E-state index in [1.54, 1.807) is 49.4 Å². The fraction of sp³-hybridized carbons (Fsp3) is 0.310. The molecule has 0 aliphatic carbocycles. The van der Waals surface area contributed by atoms with Gasteiger partial charge >= 0.3 is 0 Å². The van der Waals surface area contributed by atoms with E-state index in [1.807, 2.05) is 45.0 Å². The van der Waals surface area contributed by atoms with E-state index in [0.717, 1.165) is 14.3 Å². The molecule has 0 aliphatic rings. The van der Waals surface area contributed by atoms with Crippen LogP contribution in [-0.4, -0.2) is 50.4 Å². The van der Waals surface area contributed by atoms with Crippen LogP contribution in [-0.2, 0) is 26.2 Å². The van der Waals surface area contributed by atoms with Crippen molar-refractivity contribution < 1.29 is 22.7 Å². The van der Waals surface area contributed by atoms with Gasteiger partial charge < -0.3 is 15.0 Å². The quantitative estimate of drug-likeness (QED) is 0.310. The lowest BCUT2D eigenvalue weighted by Crippen LogP contribution is -2.52. The maximum Gasteiger partial charge on any atom is 0.264 e. The Bertz CT molecular complexity index is 1350. The molecule has 8 nitrogen and oxygen atoms in total. The standard InChI is InChI=1S/C29H34BrN3O5S/c1-5-38-26-15-17-27(18-16-26)39(36,37)33(25-9-7-6-8-10-25)20-28(34)32(22(4)29(35)31-21(2)3)19-23-11-13-24(30)14-12-23/h6-18,21-22H,5,19-20H2,1-4H3,(H,31,35). The third kappa shape index (κ3) is 8.06. The van der Waals surface area contributed by atoms with Crippen LogP contribution in [0.5, 0.6) is 5.75 Å². The average molecular weight is 617 g/mol. The molecule has 0 spiro atoms. The number of nitrogens with one attached hydrogen (secondary N) is 1. The van der Waals surface area contributed by atoms with Crippen LogP contribution < -0.4 is 14.4 Å². The molecule has 3 aromatic rings. The lowest BCUT2D eigenvalue weighted by Gasteiger charge is -2.32. The maximum atomic E-state index is 13.9. The third-order valence-electron chi connectivity index (χ3n) is 5.91. The number of hydrogen-bond acceptors (Lipinski definition) is 5. The maximum absolute atomic E-state index is 13.9. The fourth-order valence-electron chi connectivity index (χ4n) is 3.90. The number of ether oxygens (including phenoxy) is 1. The van der Waals surface area contributed by atoms with Gasteiger partial charge in [-0.3, -0.25) is 13.9 Å². The Morgan fingerprint density at radius 3 is 2.10 bits per heavy atom. The fourth-order valence-corrected chi connectivity index (χ4v) is 5.58. The van der Waals surface area contributed by atoms with E-state index < -0.39 is 28.5 Å². The van der Waals surface area contributed by atoms with Crippen LogP contribution in [0.2, 0.25) is 0 Å². The smallest absolute Gasteiger partial charge is 0.264 e. The van der Waals surface area contributed by atoms with Crippen molar-refractivity contribution in [3.8, 4) is 5.75 Å². The van der Waals surface area contributed by atoms with Crippen molar-refractivity contribution in [1.82, 2.24) is 10.2 Å². The van der Waals surface area contributed by atoms with Crippen molar-refractivity contribution in [2.24, 2.45) is 0 Å². The predicted octanol–water partition coefficient (Wildman–Crippen LogP) is 4.99. The average Bonchev–Trinajstić information content (AvgIpc) is 2.91. The number of amides is 2. The van der Waals surface area contributed by atoms with Crippen LogP contribution in [0.25, 0.3) is 0 Å². The SMILES string of the molecule is CCOc1ccc(S(=O)(=O)N(CC(=O)N(Cc2ccc(Br)cc2)C(C)C(=O)NC(C)C)c2ccccc2)cc1. The number of sulfonamides is 1. The van der Waals surface area contributed by atoms with Gasteiger partial charge in [0.25, 0.3) is 10.0 Å². The van der Waals surface area contributed by atoms with Gasteiger partial charge in [0.1, 0.15) is 18.3 Å². The van der Waals surface area contributed by atoms with Gasteiger partial charge in [0.05, 0.1) is 17.2 Å². The van der Waals surface area contributed by atoms with Gasteiger partial charge in [0, 0.05) is 17.1 Å². The van der Waals surface area contributed by atoms with Gasteiger partial charge in [-0.15, -0.1) is 0 Å². The van der Waals surface area contributed by atoms with Crippen LogP contribution in [0.15, 0.2) is 88.2 Å². The first-order chi connectivity index (χ1) is 18.5. The zero-order valence-corrected chi connectivity index (χ0v) is 24.9. The summed E-state index contributed by atoms with van der Waals surface area (Å²) in [6.07, 6.45) is 0. The second-order valence-electron chi connectivity index (χ2n) is 9.24. The van der Waals surface area contributed by atoms with Crippen molar-refractivity contribution in [1.29, 1.82) is 0 Å². The van der Waals surface area contributed by atoms with E-state index in [4.69, 9.17) is 4.74 Å². The number of nitrogens with zero attached hydrogens (tertiary/aromatic N) is 2. The highest BCUT2D eigenvalue weighted by Crippen LogP contribution is 2.26. The largest absolute Gasteiger partial charge is 0.494 e. The van der Waals surface area contributed by atoms with Crippen LogP contribution in [0.4, 0.5) is 5.69 Å². The van der Waals surface area contributed by atoms with Gasteiger partial charge in [-0.05, 0) is 81.8 Å². The highest BCUT2D eigenvalue weighted by atomic mass is 79.9. The van der Waals surface area contributed by atoms with E-state index in [9.17, 15) is 18.0 Å². The first kappa shape index (κ1) is 30.2. The predicted molar refractivity (Wildman–Crippen MR) is 156 cm³/mol. The molecule has 0 radical (unpaired) electrons. The summed E-state index contributed by atoms with van der Waals surface area (Å²) in [5.41, 5.74) is 1.14. The first-order valence-electron chi connectivity index (χ1n) is 12.7. The summed E-state index contributed by atoms with van der Waals surface area (Å²) < 4.78 is 35.1. The second-order valence-corrected chi connectivity index (χ2v) is 12.0. The number of rotatable bonds is 12. The Morgan fingerprint density at radius 1 is 0.923 bits per heavy atom. The highest BCUT2D eigenvalue weighted by molar-refractivity contribution is 9.10. The molecule has 10 heteroatoms. The molecule has 3 aromatic carbocycles. The molecule has 0 bridgehead atoms. The molecular weight excluding hydrogens is 582 g/mol. The minimum absolute atomic E-state index is 0.0210. The van der Waals surface area contributed by atoms with E-state index in [2.05, 4.69) is 21.2 Å². The molecule has 0 saturated heterocycles. The lowest BCUT2D eigenvalue weighted by molar-refractivity contribution is -0.139. The first-order valence-corrected chi connectivity index (χ1v) is 14.9. The summed E-state index contributed by atoms with van der Waals surface area (Å²) in [6, 6.07) is 21.0. The molecule has 1 N–H and O–H groups in total. The van der Waals surface area contributed by atoms with Crippen LogP contribution in [0.3, 0.4) is 0 Å². The monoisotopic (exact) mass is 615 g/mol. The van der Waals surface area contributed by atoms with Gasteiger partial charge in [0.2, 0.25) is 11.8 Å². The highest BCUT2D eigenvalue weighted by Gasteiger charge is 2.32. The molecule has 0 heterocycles. The number of benzene rings is 3. The Kier molecular flexibility index (Phi) is 10.5. The Labute approximate surface area is 239 Å². The molecule has 0 aliphatic heterocycles.